The Balaban J connectivity index is 1.28. The van der Waals surface area contributed by atoms with Crippen molar-refractivity contribution < 1.29 is 23.4 Å². The van der Waals surface area contributed by atoms with E-state index in [2.05, 4.69) is 9.97 Å². The Labute approximate surface area is 183 Å². The number of para-hydroxylation sites is 2. The average Bonchev–Trinajstić information content (AvgIpc) is 2.83. The van der Waals surface area contributed by atoms with E-state index in [-0.39, 0.29) is 24.1 Å². The van der Waals surface area contributed by atoms with Crippen LogP contribution in [0.15, 0.2) is 36.4 Å². The molecule has 0 saturated carbocycles. The van der Waals surface area contributed by atoms with Crippen molar-refractivity contribution in [3.63, 3.8) is 0 Å². The van der Waals surface area contributed by atoms with E-state index in [0.717, 1.165) is 0 Å². The monoisotopic (exact) mass is 439 g/mol. The number of nitrogen functional groups attached to an aromatic ring is 1. The van der Waals surface area contributed by atoms with Crippen molar-refractivity contribution in [3.05, 3.63) is 42.2 Å². The number of nitrogens with two attached hydrogens (primary N) is 1. The third kappa shape index (κ3) is 3.57. The van der Waals surface area contributed by atoms with Crippen molar-refractivity contribution in [2.24, 2.45) is 0 Å². The molecular formula is C22H22FN5O4. The summed E-state index contributed by atoms with van der Waals surface area (Å²) in [6.45, 7) is 2.19. The van der Waals surface area contributed by atoms with Crippen LogP contribution < -0.4 is 24.8 Å². The summed E-state index contributed by atoms with van der Waals surface area (Å²) >= 11 is 0. The van der Waals surface area contributed by atoms with Crippen LogP contribution in [-0.4, -0.2) is 66.8 Å². The summed E-state index contributed by atoms with van der Waals surface area (Å²) in [5, 5.41) is 0.426. The third-order valence-electron chi connectivity index (χ3n) is 5.65. The van der Waals surface area contributed by atoms with Crippen molar-refractivity contribution in [3.8, 4) is 17.2 Å². The molecule has 0 spiro atoms. The van der Waals surface area contributed by atoms with E-state index in [0.29, 0.717) is 54.5 Å². The van der Waals surface area contributed by atoms with Crippen LogP contribution in [0.3, 0.4) is 0 Å². The zero-order valence-electron chi connectivity index (χ0n) is 17.5. The summed E-state index contributed by atoms with van der Waals surface area (Å²) in [5.74, 6) is 1.29. The van der Waals surface area contributed by atoms with Crippen molar-refractivity contribution in [1.82, 2.24) is 14.9 Å². The molecule has 3 aromatic rings. The predicted molar refractivity (Wildman–Crippen MR) is 116 cm³/mol. The number of carbonyl (C=O) groups is 1. The number of piperazine rings is 1. The third-order valence-corrected chi connectivity index (χ3v) is 5.65. The number of benzene rings is 2. The highest BCUT2D eigenvalue weighted by Gasteiger charge is 2.33. The molecule has 10 heteroatoms. The Bertz CT molecular complexity index is 1180. The lowest BCUT2D eigenvalue weighted by Crippen LogP contribution is -2.54. The predicted octanol–water partition coefficient (Wildman–Crippen LogP) is 1.85. The normalized spacial score (nSPS) is 18.0. The minimum absolute atomic E-state index is 0.0910. The molecule has 5 rings (SSSR count). The first-order chi connectivity index (χ1) is 15.5. The summed E-state index contributed by atoms with van der Waals surface area (Å²) < 4.78 is 30.6. The fourth-order valence-electron chi connectivity index (χ4n) is 3.91. The first-order valence-electron chi connectivity index (χ1n) is 10.3. The fourth-order valence-corrected chi connectivity index (χ4v) is 3.91. The van der Waals surface area contributed by atoms with Gasteiger partial charge in [-0.1, -0.05) is 12.1 Å². The van der Waals surface area contributed by atoms with Gasteiger partial charge in [-0.25, -0.2) is 9.37 Å². The number of rotatable bonds is 3. The fraction of sp³-hybridized carbons (Fsp3) is 0.318. The van der Waals surface area contributed by atoms with E-state index in [4.69, 9.17) is 19.9 Å². The van der Waals surface area contributed by atoms with Gasteiger partial charge in [0, 0.05) is 37.6 Å². The lowest BCUT2D eigenvalue weighted by atomic mass is 10.2. The van der Waals surface area contributed by atoms with E-state index in [9.17, 15) is 9.18 Å². The van der Waals surface area contributed by atoms with Crippen molar-refractivity contribution in [1.29, 1.82) is 0 Å². The zero-order chi connectivity index (χ0) is 22.2. The number of nitrogens with zero attached hydrogens (tertiary/aromatic N) is 4. The van der Waals surface area contributed by atoms with Crippen molar-refractivity contribution in [2.45, 2.75) is 6.10 Å². The number of hydrogen-bond acceptors (Lipinski definition) is 8. The second kappa shape index (κ2) is 8.03. The van der Waals surface area contributed by atoms with E-state index >= 15 is 0 Å². The number of amides is 1. The Hall–Kier alpha value is -3.82. The molecule has 2 aliphatic heterocycles. The molecule has 2 aromatic carbocycles. The highest BCUT2D eigenvalue weighted by Crippen LogP contribution is 2.32. The summed E-state index contributed by atoms with van der Waals surface area (Å²) in [6, 6.07) is 10.1. The average molecular weight is 439 g/mol. The van der Waals surface area contributed by atoms with E-state index in [1.165, 1.54) is 19.2 Å². The lowest BCUT2D eigenvalue weighted by molar-refractivity contribution is -0.141. The van der Waals surface area contributed by atoms with Gasteiger partial charge in [-0.05, 0) is 18.2 Å². The van der Waals surface area contributed by atoms with Crippen LogP contribution in [0.5, 0.6) is 17.2 Å². The van der Waals surface area contributed by atoms with Crippen LogP contribution in [0.2, 0.25) is 0 Å². The van der Waals surface area contributed by atoms with Gasteiger partial charge >= 0.3 is 0 Å². The Morgan fingerprint density at radius 2 is 1.91 bits per heavy atom. The molecule has 0 aliphatic carbocycles. The maximum absolute atomic E-state index is 14.0. The van der Waals surface area contributed by atoms with E-state index in [1.54, 1.807) is 11.0 Å². The standard InChI is InChI=1S/C22H22FN5O4/c1-30-18-11-15-13(10-14(18)23)20(24)26-22(25-15)28-8-6-27(7-9-28)21(29)19-12-31-16-4-2-3-5-17(16)32-19/h2-5,10-11,19H,6-9,12H2,1H3,(H2,24,25,26). The molecule has 2 aliphatic rings. The molecule has 2 N–H and O–H groups in total. The van der Waals surface area contributed by atoms with E-state index < -0.39 is 11.9 Å². The van der Waals surface area contributed by atoms with Crippen molar-refractivity contribution >= 4 is 28.6 Å². The molecule has 1 atom stereocenters. The summed E-state index contributed by atoms with van der Waals surface area (Å²) in [7, 11) is 1.39. The number of aromatic nitrogens is 2. The first-order valence-corrected chi connectivity index (χ1v) is 10.3. The minimum atomic E-state index is -0.675. The molecule has 1 unspecified atom stereocenters. The summed E-state index contributed by atoms with van der Waals surface area (Å²) in [5.41, 5.74) is 6.55. The molecule has 3 heterocycles. The van der Waals surface area contributed by atoms with Crippen LogP contribution in [-0.2, 0) is 4.79 Å². The number of halogens is 1. The molecule has 0 bridgehead atoms. The number of fused-ring (bicyclic) bond motifs is 2. The molecular weight excluding hydrogens is 417 g/mol. The van der Waals surface area contributed by atoms with Crippen LogP contribution in [0, 0.1) is 5.82 Å². The van der Waals surface area contributed by atoms with Crippen LogP contribution in [0.25, 0.3) is 10.9 Å². The molecule has 1 amide bonds. The Morgan fingerprint density at radius 3 is 2.66 bits per heavy atom. The van der Waals surface area contributed by atoms with Gasteiger partial charge in [0.1, 0.15) is 12.4 Å². The van der Waals surface area contributed by atoms with Gasteiger partial charge in [0.05, 0.1) is 12.6 Å². The van der Waals surface area contributed by atoms with Crippen molar-refractivity contribution in [2.75, 3.05) is 50.5 Å². The Kier molecular flexibility index (Phi) is 5.04. The van der Waals surface area contributed by atoms with Crippen LogP contribution >= 0.6 is 0 Å². The van der Waals surface area contributed by atoms with E-state index in [1.807, 2.05) is 23.1 Å². The molecule has 32 heavy (non-hydrogen) atoms. The van der Waals surface area contributed by atoms with Gasteiger partial charge in [-0.3, -0.25) is 4.79 Å². The molecule has 1 fully saturated rings. The molecule has 1 aromatic heterocycles. The number of carbonyl (C=O) groups excluding carboxylic acids is 1. The first kappa shape index (κ1) is 20.1. The largest absolute Gasteiger partial charge is 0.494 e. The zero-order valence-corrected chi connectivity index (χ0v) is 17.5. The molecule has 0 radical (unpaired) electrons. The Morgan fingerprint density at radius 1 is 1.16 bits per heavy atom. The quantitative estimate of drug-likeness (QED) is 0.660. The second-order valence-electron chi connectivity index (χ2n) is 7.59. The maximum Gasteiger partial charge on any atom is 0.267 e. The van der Waals surface area contributed by atoms with Gasteiger partial charge in [0.15, 0.2) is 23.1 Å². The lowest BCUT2D eigenvalue weighted by Gasteiger charge is -2.37. The smallest absolute Gasteiger partial charge is 0.267 e. The maximum atomic E-state index is 14.0. The topological polar surface area (TPSA) is 103 Å². The molecule has 1 saturated heterocycles. The number of anilines is 2. The van der Waals surface area contributed by atoms with Gasteiger partial charge in [-0.15, -0.1) is 0 Å². The van der Waals surface area contributed by atoms with Crippen LogP contribution in [0.4, 0.5) is 16.2 Å². The summed E-state index contributed by atoms with van der Waals surface area (Å²) in [4.78, 5) is 25.5. The van der Waals surface area contributed by atoms with Gasteiger partial charge < -0.3 is 29.7 Å². The molecule has 166 valence electrons. The number of methoxy groups -OCH3 is 1. The minimum Gasteiger partial charge on any atom is -0.494 e. The second-order valence-corrected chi connectivity index (χ2v) is 7.59. The van der Waals surface area contributed by atoms with Crippen LogP contribution in [0.1, 0.15) is 0 Å². The highest BCUT2D eigenvalue weighted by atomic mass is 19.1. The van der Waals surface area contributed by atoms with Gasteiger partial charge in [0.2, 0.25) is 12.1 Å². The number of ether oxygens (including phenoxy) is 3. The van der Waals surface area contributed by atoms with Gasteiger partial charge in [-0.2, -0.15) is 4.98 Å². The number of hydrogen-bond donors (Lipinski definition) is 1. The SMILES string of the molecule is COc1cc2nc(N3CCN(C(=O)C4COc5ccccc5O4)CC3)nc(N)c2cc1F. The van der Waals surface area contributed by atoms with Gasteiger partial charge in [0.25, 0.3) is 5.91 Å². The summed E-state index contributed by atoms with van der Waals surface area (Å²) in [6.07, 6.45) is -0.675. The highest BCUT2D eigenvalue weighted by molar-refractivity contribution is 5.90. The molecule has 9 nitrogen and oxygen atoms in total.